The Bertz CT molecular complexity index is 1260. The van der Waals surface area contributed by atoms with Crippen LogP contribution in [0, 0.1) is 16.0 Å². The highest BCUT2D eigenvalue weighted by Crippen LogP contribution is 2.60. The fraction of sp³-hybridized carbons (Fsp3) is 0.615. The number of anilines is 1. The maximum absolute atomic E-state index is 14.3. The number of aryl methyl sites for hydroxylation is 1. The van der Waals surface area contributed by atoms with Gasteiger partial charge < -0.3 is 24.3 Å². The molecule has 1 fully saturated rings. The highest BCUT2D eigenvalue weighted by Gasteiger charge is 2.66. The summed E-state index contributed by atoms with van der Waals surface area (Å²) in [5, 5.41) is 29.0. The Labute approximate surface area is 233 Å². The normalized spacial score (nSPS) is 24.1. The molecule has 0 unspecified atom stereocenters. The van der Waals surface area contributed by atoms with Crippen LogP contribution in [0.4, 0.5) is 11.4 Å². The fourth-order valence-electron chi connectivity index (χ4n) is 6.25. The van der Waals surface area contributed by atoms with Crippen LogP contribution in [0.3, 0.4) is 0 Å². The number of carbonyl (C=O) groups excluding carboxylic acids is 2. The first-order chi connectivity index (χ1) is 18.9. The van der Waals surface area contributed by atoms with Crippen LogP contribution in [-0.2, 0) is 37.6 Å². The van der Waals surface area contributed by atoms with Crippen LogP contribution in [0.5, 0.6) is 0 Å². The molecule has 13 nitrogen and oxygen atoms in total. The summed E-state index contributed by atoms with van der Waals surface area (Å²) < 4.78 is 13.0. The minimum atomic E-state index is -2.91. The lowest BCUT2D eigenvalue weighted by atomic mass is 9.82. The molecule has 2 aliphatic rings. The largest absolute Gasteiger partial charge is 0.469 e. The number of amides is 1. The number of aliphatic hydroxyl groups excluding tert-OH is 1. The van der Waals surface area contributed by atoms with E-state index in [0.29, 0.717) is 55.7 Å². The summed E-state index contributed by atoms with van der Waals surface area (Å²) in [6.07, 6.45) is 3.32. The van der Waals surface area contributed by atoms with Gasteiger partial charge in [0.15, 0.2) is 13.9 Å². The number of methoxy groups -OCH3 is 1. The van der Waals surface area contributed by atoms with Crippen molar-refractivity contribution in [3.8, 4) is 0 Å². The van der Waals surface area contributed by atoms with Gasteiger partial charge in [0.05, 0.1) is 29.5 Å². The van der Waals surface area contributed by atoms with Gasteiger partial charge in [-0.2, -0.15) is 0 Å². The second-order valence-electron chi connectivity index (χ2n) is 11.0. The number of hydrogen-bond acceptors (Lipinski definition) is 10. The van der Waals surface area contributed by atoms with E-state index in [1.165, 1.54) is 19.2 Å². The number of aromatic nitrogens is 3. The number of nitro benzene ring substituents is 1. The fourth-order valence-corrected chi connectivity index (χ4v) is 8.85. The van der Waals surface area contributed by atoms with E-state index in [1.807, 2.05) is 20.0 Å². The quantitative estimate of drug-likeness (QED) is 0.126. The Morgan fingerprint density at radius 1 is 1.30 bits per heavy atom. The summed E-state index contributed by atoms with van der Waals surface area (Å²) in [5.41, 5.74) is -0.345. The van der Waals surface area contributed by atoms with Crippen LogP contribution in [0.1, 0.15) is 43.9 Å². The molecule has 2 aromatic rings. The van der Waals surface area contributed by atoms with Crippen LogP contribution in [-0.4, -0.2) is 76.4 Å². The van der Waals surface area contributed by atoms with Gasteiger partial charge in [-0.3, -0.25) is 24.4 Å². The predicted octanol–water partition coefficient (Wildman–Crippen LogP) is 2.30. The van der Waals surface area contributed by atoms with Crippen molar-refractivity contribution in [3.63, 3.8) is 0 Å². The third-order valence-corrected chi connectivity index (χ3v) is 10.5. The van der Waals surface area contributed by atoms with Crippen molar-refractivity contribution in [3.05, 3.63) is 45.8 Å². The molecule has 14 heteroatoms. The SMILES string of the molecule is COC(=O)CCCCN1C(=O)[C@]2(O[C@H](CCn3cc(CCO)nn3)[C@@H]([Si](C)(C)O)[C@@H]2C)c2cc([N+](=O)[O-])ccc21. The van der Waals surface area contributed by atoms with E-state index in [2.05, 4.69) is 10.3 Å². The molecule has 40 heavy (non-hydrogen) atoms. The Hall–Kier alpha value is -3.20. The zero-order valence-corrected chi connectivity index (χ0v) is 24.3. The molecule has 0 bridgehead atoms. The van der Waals surface area contributed by atoms with Gasteiger partial charge in [0.25, 0.3) is 11.6 Å². The molecule has 1 saturated heterocycles. The van der Waals surface area contributed by atoms with Gasteiger partial charge in [0.2, 0.25) is 0 Å². The Morgan fingerprint density at radius 2 is 2.05 bits per heavy atom. The summed E-state index contributed by atoms with van der Waals surface area (Å²) in [4.78, 5) is 50.0. The molecular formula is C26H37N5O8Si. The number of hydrogen-bond donors (Lipinski definition) is 2. The van der Waals surface area contributed by atoms with E-state index in [9.17, 15) is 24.5 Å². The molecule has 1 aromatic heterocycles. The number of benzene rings is 1. The molecule has 1 aromatic carbocycles. The molecule has 0 radical (unpaired) electrons. The molecule has 1 amide bonds. The van der Waals surface area contributed by atoms with Gasteiger partial charge >= 0.3 is 5.97 Å². The van der Waals surface area contributed by atoms with Crippen LogP contribution in [0.2, 0.25) is 18.6 Å². The zero-order valence-electron chi connectivity index (χ0n) is 23.3. The lowest BCUT2D eigenvalue weighted by molar-refractivity contribution is -0.385. The average Bonchev–Trinajstić information content (AvgIpc) is 3.54. The summed E-state index contributed by atoms with van der Waals surface area (Å²) >= 11 is 0. The molecule has 1 spiro atoms. The minimum Gasteiger partial charge on any atom is -0.469 e. The first-order valence-corrected chi connectivity index (χ1v) is 16.5. The molecular weight excluding hydrogens is 538 g/mol. The summed E-state index contributed by atoms with van der Waals surface area (Å²) in [7, 11) is -1.58. The van der Waals surface area contributed by atoms with Crippen molar-refractivity contribution in [1.29, 1.82) is 0 Å². The van der Waals surface area contributed by atoms with Crippen molar-refractivity contribution in [2.24, 2.45) is 5.92 Å². The van der Waals surface area contributed by atoms with Gasteiger partial charge in [-0.15, -0.1) is 5.10 Å². The maximum atomic E-state index is 14.3. The highest BCUT2D eigenvalue weighted by atomic mass is 28.4. The Kier molecular flexibility index (Phi) is 8.73. The lowest BCUT2D eigenvalue weighted by Crippen LogP contribution is -2.46. The minimum absolute atomic E-state index is 0.0380. The number of ether oxygens (including phenoxy) is 2. The van der Waals surface area contributed by atoms with Gasteiger partial charge in [0, 0.05) is 67.9 Å². The van der Waals surface area contributed by atoms with E-state index < -0.39 is 30.9 Å². The number of rotatable bonds is 12. The monoisotopic (exact) mass is 575 g/mol. The van der Waals surface area contributed by atoms with E-state index in [4.69, 9.17) is 14.6 Å². The highest BCUT2D eigenvalue weighted by molar-refractivity contribution is 6.71. The van der Waals surface area contributed by atoms with Crippen LogP contribution in [0.25, 0.3) is 0 Å². The maximum Gasteiger partial charge on any atom is 0.305 e. The summed E-state index contributed by atoms with van der Waals surface area (Å²) in [6.45, 7) is 6.20. The van der Waals surface area contributed by atoms with Gasteiger partial charge in [-0.25, -0.2) is 0 Å². The van der Waals surface area contributed by atoms with Crippen molar-refractivity contribution in [1.82, 2.24) is 15.0 Å². The zero-order chi connectivity index (χ0) is 29.2. The molecule has 218 valence electrons. The number of non-ortho nitro benzene ring substituents is 1. The third kappa shape index (κ3) is 5.53. The average molecular weight is 576 g/mol. The molecule has 4 atom stereocenters. The van der Waals surface area contributed by atoms with Gasteiger partial charge in [-0.1, -0.05) is 12.1 Å². The first kappa shape index (κ1) is 29.8. The summed E-state index contributed by atoms with van der Waals surface area (Å²) in [5.74, 6) is -1.10. The number of nitrogens with zero attached hydrogens (tertiary/aromatic N) is 5. The molecule has 2 aliphatic heterocycles. The van der Waals surface area contributed by atoms with Crippen LogP contribution >= 0.6 is 0 Å². The van der Waals surface area contributed by atoms with E-state index in [1.54, 1.807) is 21.8 Å². The first-order valence-electron chi connectivity index (χ1n) is 13.5. The number of unbranched alkanes of at least 4 members (excludes halogenated alkanes) is 1. The smallest absolute Gasteiger partial charge is 0.305 e. The standard InChI is InChI=1S/C26H37N5O8Si/c1-17-24(40(3,4)37)22(10-13-29-16-18(11-14-32)27-28-29)39-26(17)20-15-19(31(35)36)8-9-21(20)30(25(26)34)12-6-5-7-23(33)38-2/h8-9,15-17,22,24,32,37H,5-7,10-14H2,1-4H3/t17-,22+,24-,26+/m0/s1. The Balaban J connectivity index is 1.67. The molecule has 0 aliphatic carbocycles. The van der Waals surface area contributed by atoms with Crippen LogP contribution < -0.4 is 4.90 Å². The molecule has 0 saturated carbocycles. The van der Waals surface area contributed by atoms with Crippen molar-refractivity contribution < 1.29 is 33.9 Å². The lowest BCUT2D eigenvalue weighted by Gasteiger charge is -2.32. The second-order valence-corrected chi connectivity index (χ2v) is 15.0. The number of esters is 1. The summed E-state index contributed by atoms with van der Waals surface area (Å²) in [6, 6.07) is 4.38. The Morgan fingerprint density at radius 3 is 2.70 bits per heavy atom. The van der Waals surface area contributed by atoms with Crippen molar-refractivity contribution in [2.45, 2.75) is 75.9 Å². The third-order valence-electron chi connectivity index (χ3n) is 8.02. The van der Waals surface area contributed by atoms with Crippen molar-refractivity contribution in [2.75, 3.05) is 25.2 Å². The molecule has 3 heterocycles. The van der Waals surface area contributed by atoms with E-state index in [0.717, 1.165) is 0 Å². The predicted molar refractivity (Wildman–Crippen MR) is 146 cm³/mol. The number of aliphatic hydroxyl groups is 1. The second kappa shape index (κ2) is 11.7. The van der Waals surface area contributed by atoms with Gasteiger partial charge in [-0.05, 0) is 38.4 Å². The molecule has 4 rings (SSSR count). The van der Waals surface area contributed by atoms with Crippen LogP contribution in [0.15, 0.2) is 24.4 Å². The van der Waals surface area contributed by atoms with Crippen molar-refractivity contribution >= 4 is 31.6 Å². The van der Waals surface area contributed by atoms with Gasteiger partial charge in [0.1, 0.15) is 0 Å². The number of carbonyl (C=O) groups is 2. The number of fused-ring (bicyclic) bond motifs is 2. The molecule has 2 N–H and O–H groups in total. The van der Waals surface area contributed by atoms with E-state index in [-0.39, 0.29) is 36.1 Å². The topological polar surface area (TPSA) is 170 Å². The number of nitro groups is 1. The van der Waals surface area contributed by atoms with E-state index >= 15 is 0 Å².